The van der Waals surface area contributed by atoms with E-state index in [0.29, 0.717) is 23.0 Å². The number of carbonyl (C=O) groups is 2. The van der Waals surface area contributed by atoms with Gasteiger partial charge in [0.25, 0.3) is 0 Å². The second-order valence-corrected chi connectivity index (χ2v) is 13.4. The van der Waals surface area contributed by atoms with Crippen molar-refractivity contribution >= 4 is 57.6 Å². The average Bonchev–Trinajstić information content (AvgIpc) is 3.47. The van der Waals surface area contributed by atoms with Crippen molar-refractivity contribution < 1.29 is 9.59 Å². The number of fused-ring (bicyclic) bond motifs is 1. The molecule has 3 aromatic carbocycles. The molecule has 1 amide bonds. The Bertz CT molecular complexity index is 1790. The van der Waals surface area contributed by atoms with Gasteiger partial charge >= 0.3 is 0 Å². The lowest BCUT2D eigenvalue weighted by molar-refractivity contribution is -0.129. The van der Waals surface area contributed by atoms with Crippen molar-refractivity contribution in [2.45, 2.75) is 48.4 Å². The Labute approximate surface area is 265 Å². The van der Waals surface area contributed by atoms with Crippen LogP contribution in [0.15, 0.2) is 102 Å². The predicted molar refractivity (Wildman–Crippen MR) is 175 cm³/mol. The summed E-state index contributed by atoms with van der Waals surface area (Å²) < 4.78 is 0.959. The first-order valence-corrected chi connectivity index (χ1v) is 15.8. The van der Waals surface area contributed by atoms with E-state index in [-0.39, 0.29) is 24.5 Å². The third kappa shape index (κ3) is 5.97. The summed E-state index contributed by atoms with van der Waals surface area (Å²) in [6, 6.07) is 26.7. The van der Waals surface area contributed by atoms with Crippen LogP contribution in [-0.2, 0) is 29.6 Å². The van der Waals surface area contributed by atoms with Crippen LogP contribution in [0.5, 0.6) is 0 Å². The Kier molecular flexibility index (Phi) is 8.36. The van der Waals surface area contributed by atoms with Crippen LogP contribution in [0.25, 0.3) is 10.9 Å². The van der Waals surface area contributed by atoms with Crippen molar-refractivity contribution in [1.82, 2.24) is 14.5 Å². The van der Waals surface area contributed by atoms with E-state index in [0.717, 1.165) is 38.2 Å². The summed E-state index contributed by atoms with van der Waals surface area (Å²) in [6.45, 7) is 2.40. The van der Waals surface area contributed by atoms with Crippen LogP contribution in [0.1, 0.15) is 41.3 Å². The zero-order valence-corrected chi connectivity index (χ0v) is 26.3. The molecule has 1 aliphatic rings. The highest BCUT2D eigenvalue weighted by atomic mass is 35.5. The van der Waals surface area contributed by atoms with Crippen LogP contribution in [0.4, 0.5) is 0 Å². The van der Waals surface area contributed by atoms with Gasteiger partial charge in [-0.05, 0) is 67.4 Å². The van der Waals surface area contributed by atoms with Gasteiger partial charge in [0.2, 0.25) is 5.91 Å². The van der Waals surface area contributed by atoms with Crippen LogP contribution >= 0.6 is 35.0 Å². The second-order valence-electron chi connectivity index (χ2n) is 11.1. The second kappa shape index (κ2) is 12.2. The Morgan fingerprint density at radius 1 is 1.00 bits per heavy atom. The van der Waals surface area contributed by atoms with Gasteiger partial charge in [0.15, 0.2) is 5.78 Å². The first kappa shape index (κ1) is 29.5. The highest BCUT2D eigenvalue weighted by molar-refractivity contribution is 8.01. The fraction of sp³-hybridized carbons (Fsp3) is 0.229. The SMILES string of the molecule is Cc1ccc(S[C@@]2(C(=O)CCc3ccccn3)CC(=O)N(Cc3ccc(Cl)cc3)[C@H]2c2cn(C)c3cc(Cl)ccc23)cc1. The van der Waals surface area contributed by atoms with Crippen LogP contribution < -0.4 is 0 Å². The van der Waals surface area contributed by atoms with E-state index in [2.05, 4.69) is 11.2 Å². The van der Waals surface area contributed by atoms with Gasteiger partial charge in [0.05, 0.1) is 12.5 Å². The summed E-state index contributed by atoms with van der Waals surface area (Å²) in [7, 11) is 1.97. The molecule has 0 saturated carbocycles. The number of carbonyl (C=O) groups excluding carboxylic acids is 2. The minimum absolute atomic E-state index is 0.0339. The van der Waals surface area contributed by atoms with Crippen LogP contribution in [-0.4, -0.2) is 30.9 Å². The molecule has 0 radical (unpaired) electrons. The lowest BCUT2D eigenvalue weighted by Crippen LogP contribution is -2.42. The van der Waals surface area contributed by atoms with Gasteiger partial charge in [0, 0.05) is 69.5 Å². The third-order valence-electron chi connectivity index (χ3n) is 8.16. The molecule has 0 N–H and O–H groups in total. The summed E-state index contributed by atoms with van der Waals surface area (Å²) in [5, 5.41) is 2.24. The van der Waals surface area contributed by atoms with Gasteiger partial charge in [-0.2, -0.15) is 0 Å². The number of amides is 1. The maximum Gasteiger partial charge on any atom is 0.225 e. The standard InChI is InChI=1S/C35H31Cl2N3O2S/c1-23-6-14-28(15-7-23)43-35(32(41)17-13-27-5-3-4-18-38-27)20-33(42)40(21-24-8-10-25(36)11-9-24)34(35)30-22-39(2)31-19-26(37)12-16-29(30)31/h3-12,14-16,18-19,22,34H,13,17,20-21H2,1-2H3/t34-,35+/m0/s1. The maximum atomic E-state index is 14.7. The minimum atomic E-state index is -1.07. The van der Waals surface area contributed by atoms with E-state index in [1.807, 2.05) is 108 Å². The fourth-order valence-electron chi connectivity index (χ4n) is 6.03. The molecule has 0 aliphatic carbocycles. The molecule has 0 unspecified atom stereocenters. The lowest BCUT2D eigenvalue weighted by atomic mass is 9.86. The van der Waals surface area contributed by atoms with Crippen molar-refractivity contribution in [3.8, 4) is 0 Å². The van der Waals surface area contributed by atoms with E-state index < -0.39 is 10.8 Å². The van der Waals surface area contributed by atoms with E-state index in [1.54, 1.807) is 6.20 Å². The average molecular weight is 629 g/mol. The van der Waals surface area contributed by atoms with Crippen LogP contribution in [0, 0.1) is 6.92 Å². The van der Waals surface area contributed by atoms with Crippen LogP contribution in [0.3, 0.4) is 0 Å². The number of ketones is 1. The summed E-state index contributed by atoms with van der Waals surface area (Å²) in [6.07, 6.45) is 4.65. The highest BCUT2D eigenvalue weighted by Crippen LogP contribution is 2.55. The number of aryl methyl sites for hydroxylation is 3. The molecule has 43 heavy (non-hydrogen) atoms. The Hall–Kier alpha value is -3.58. The van der Waals surface area contributed by atoms with Crippen molar-refractivity contribution in [3.63, 3.8) is 0 Å². The van der Waals surface area contributed by atoms with Crippen molar-refractivity contribution in [1.29, 1.82) is 0 Å². The summed E-state index contributed by atoms with van der Waals surface area (Å²) in [5.41, 5.74) is 4.81. The Morgan fingerprint density at radius 2 is 1.74 bits per heavy atom. The summed E-state index contributed by atoms with van der Waals surface area (Å²) in [4.78, 5) is 36.2. The summed E-state index contributed by atoms with van der Waals surface area (Å²) >= 11 is 14.1. The van der Waals surface area contributed by atoms with E-state index in [9.17, 15) is 9.59 Å². The lowest BCUT2D eigenvalue weighted by Gasteiger charge is -2.36. The minimum Gasteiger partial charge on any atom is -0.350 e. The number of likely N-dealkylation sites (tertiary alicyclic amines) is 1. The number of hydrogen-bond donors (Lipinski definition) is 0. The molecule has 8 heteroatoms. The first-order chi connectivity index (χ1) is 20.7. The van der Waals surface area contributed by atoms with Gasteiger partial charge < -0.3 is 9.47 Å². The van der Waals surface area contributed by atoms with E-state index in [1.165, 1.54) is 11.8 Å². The van der Waals surface area contributed by atoms with E-state index >= 15 is 0 Å². The smallest absolute Gasteiger partial charge is 0.225 e. The number of benzene rings is 3. The highest BCUT2D eigenvalue weighted by Gasteiger charge is 2.57. The molecular formula is C35H31Cl2N3O2S. The molecule has 5 aromatic rings. The number of nitrogens with zero attached hydrogens (tertiary/aromatic N) is 3. The Balaban J connectivity index is 1.51. The van der Waals surface area contributed by atoms with Gasteiger partial charge in [-0.15, -0.1) is 11.8 Å². The number of pyridine rings is 1. The topological polar surface area (TPSA) is 55.2 Å². The normalized spacial score (nSPS) is 18.5. The molecule has 3 heterocycles. The van der Waals surface area contributed by atoms with Crippen LogP contribution in [0.2, 0.25) is 10.0 Å². The third-order valence-corrected chi connectivity index (χ3v) is 10.1. The zero-order valence-electron chi connectivity index (χ0n) is 24.0. The summed E-state index contributed by atoms with van der Waals surface area (Å²) in [5.74, 6) is -0.0247. The first-order valence-electron chi connectivity index (χ1n) is 14.2. The van der Waals surface area contributed by atoms with Gasteiger partial charge in [-0.3, -0.25) is 14.6 Å². The zero-order chi connectivity index (χ0) is 30.1. The molecular weight excluding hydrogens is 597 g/mol. The fourth-order valence-corrected chi connectivity index (χ4v) is 7.79. The van der Waals surface area contributed by atoms with Crippen molar-refractivity contribution in [3.05, 3.63) is 130 Å². The number of hydrogen-bond acceptors (Lipinski definition) is 4. The molecule has 2 atom stereocenters. The number of Topliss-reactive ketones (excluding diaryl/α,β-unsaturated/α-hetero) is 1. The van der Waals surface area contributed by atoms with Gasteiger partial charge in [-0.25, -0.2) is 0 Å². The molecule has 218 valence electrons. The van der Waals surface area contributed by atoms with Crippen molar-refractivity contribution in [2.24, 2.45) is 7.05 Å². The number of thioether (sulfide) groups is 1. The molecule has 1 fully saturated rings. The largest absolute Gasteiger partial charge is 0.350 e. The van der Waals surface area contributed by atoms with E-state index in [4.69, 9.17) is 23.2 Å². The monoisotopic (exact) mass is 627 g/mol. The molecule has 2 aromatic heterocycles. The predicted octanol–water partition coefficient (Wildman–Crippen LogP) is 8.40. The number of halogens is 2. The molecule has 6 rings (SSSR count). The Morgan fingerprint density at radius 3 is 2.47 bits per heavy atom. The molecule has 0 spiro atoms. The quantitative estimate of drug-likeness (QED) is 0.165. The molecule has 1 aliphatic heterocycles. The maximum absolute atomic E-state index is 14.7. The molecule has 0 bridgehead atoms. The number of aromatic nitrogens is 2. The molecule has 5 nitrogen and oxygen atoms in total. The van der Waals surface area contributed by atoms with Crippen molar-refractivity contribution in [2.75, 3.05) is 0 Å². The molecule has 1 saturated heterocycles. The van der Waals surface area contributed by atoms with Gasteiger partial charge in [0.1, 0.15) is 4.75 Å². The number of rotatable bonds is 9. The van der Waals surface area contributed by atoms with Gasteiger partial charge in [-0.1, -0.05) is 65.2 Å².